The third-order valence-electron chi connectivity index (χ3n) is 3.11. The number of benzene rings is 1. The smallest absolute Gasteiger partial charge is 0.407 e. The second kappa shape index (κ2) is 6.08. The quantitative estimate of drug-likeness (QED) is 0.849. The molecule has 0 spiro atoms. The fourth-order valence-corrected chi connectivity index (χ4v) is 2.77. The average molecular weight is 313 g/mol. The van der Waals surface area contributed by atoms with E-state index in [2.05, 4.69) is 9.63 Å². The highest BCUT2D eigenvalue weighted by atomic mass is 32.2. The first-order chi connectivity index (χ1) is 9.92. The highest BCUT2D eigenvalue weighted by molar-refractivity contribution is 7.90. The second-order valence-corrected chi connectivity index (χ2v) is 6.10. The van der Waals surface area contributed by atoms with Crippen molar-refractivity contribution < 1.29 is 23.1 Å². The lowest BCUT2D eigenvalue weighted by Gasteiger charge is -2.08. The van der Waals surface area contributed by atoms with Crippen molar-refractivity contribution in [1.82, 2.24) is 4.90 Å². The number of sulfonamides is 1. The molecule has 1 unspecified atom stereocenters. The first kappa shape index (κ1) is 15.2. The molecule has 0 bridgehead atoms. The van der Waals surface area contributed by atoms with E-state index in [9.17, 15) is 13.2 Å². The standard InChI is InChI=1S/C12H15N3O5S/c1-20-10-2-4-11(5-3-10)21(18,19)14-13-9-6-7-15(8-9)12(16)17/h2-5,9H,6-8H2,1H3,(H,16,17). The van der Waals surface area contributed by atoms with E-state index in [4.69, 9.17) is 9.84 Å². The van der Waals surface area contributed by atoms with Crippen LogP contribution in [0.25, 0.3) is 0 Å². The summed E-state index contributed by atoms with van der Waals surface area (Å²) in [5, 5.41) is 12.6. The van der Waals surface area contributed by atoms with Crippen LogP contribution in [0.3, 0.4) is 0 Å². The number of nitrogens with zero attached hydrogens (tertiary/aromatic N) is 3. The zero-order valence-corrected chi connectivity index (χ0v) is 12.2. The summed E-state index contributed by atoms with van der Waals surface area (Å²) in [6.07, 6.45) is -0.570. The SMILES string of the molecule is COc1ccc(S(=O)(=O)N=NC2CCN(C(=O)O)C2)cc1. The van der Waals surface area contributed by atoms with Gasteiger partial charge in [0.2, 0.25) is 0 Å². The molecule has 1 saturated heterocycles. The summed E-state index contributed by atoms with van der Waals surface area (Å²) in [6, 6.07) is 5.37. The Labute approximate surface area is 122 Å². The minimum absolute atomic E-state index is 0.0140. The number of likely N-dealkylation sites (tertiary alicyclic amines) is 1. The van der Waals surface area contributed by atoms with Crippen LogP contribution in [0.4, 0.5) is 4.79 Å². The van der Waals surface area contributed by atoms with Crippen molar-refractivity contribution in [3.05, 3.63) is 24.3 Å². The molecular weight excluding hydrogens is 298 g/mol. The van der Waals surface area contributed by atoms with Gasteiger partial charge in [0, 0.05) is 13.1 Å². The molecule has 1 fully saturated rings. The maximum Gasteiger partial charge on any atom is 0.407 e. The molecule has 0 aliphatic carbocycles. The summed E-state index contributed by atoms with van der Waals surface area (Å²) < 4.78 is 32.3. The normalized spacial score (nSPS) is 19.1. The fraction of sp³-hybridized carbons (Fsp3) is 0.417. The van der Waals surface area contributed by atoms with Crippen molar-refractivity contribution in [3.63, 3.8) is 0 Å². The summed E-state index contributed by atoms with van der Waals surface area (Å²) in [4.78, 5) is 12.0. The minimum atomic E-state index is -3.87. The minimum Gasteiger partial charge on any atom is -0.497 e. The van der Waals surface area contributed by atoms with Crippen LogP contribution in [0.15, 0.2) is 38.8 Å². The molecule has 2 rings (SSSR count). The van der Waals surface area contributed by atoms with E-state index in [0.717, 1.165) is 0 Å². The molecule has 1 aliphatic heterocycles. The molecule has 1 atom stereocenters. The lowest BCUT2D eigenvalue weighted by Crippen LogP contribution is -2.27. The van der Waals surface area contributed by atoms with Crippen molar-refractivity contribution in [2.45, 2.75) is 17.4 Å². The van der Waals surface area contributed by atoms with Crippen LogP contribution in [0, 0.1) is 0 Å². The van der Waals surface area contributed by atoms with Crippen LogP contribution in [0.2, 0.25) is 0 Å². The van der Waals surface area contributed by atoms with Crippen molar-refractivity contribution in [1.29, 1.82) is 0 Å². The summed E-state index contributed by atoms with van der Waals surface area (Å²) in [5.74, 6) is 0.541. The first-order valence-corrected chi connectivity index (χ1v) is 7.65. The molecule has 0 radical (unpaired) electrons. The van der Waals surface area contributed by atoms with Gasteiger partial charge in [-0.3, -0.25) is 0 Å². The summed E-state index contributed by atoms with van der Waals surface area (Å²) in [6.45, 7) is 0.499. The van der Waals surface area contributed by atoms with E-state index < -0.39 is 22.2 Å². The third-order valence-corrected chi connectivity index (χ3v) is 4.29. The van der Waals surface area contributed by atoms with Gasteiger partial charge in [-0.25, -0.2) is 4.79 Å². The number of carbonyl (C=O) groups is 1. The van der Waals surface area contributed by atoms with Crippen molar-refractivity contribution in [2.24, 2.45) is 9.63 Å². The molecule has 114 valence electrons. The molecule has 0 saturated carbocycles. The van der Waals surface area contributed by atoms with Crippen LogP contribution >= 0.6 is 0 Å². The molecule has 1 aromatic rings. The molecule has 1 amide bonds. The van der Waals surface area contributed by atoms with Gasteiger partial charge in [0.05, 0.1) is 18.0 Å². The van der Waals surface area contributed by atoms with Crippen molar-refractivity contribution in [3.8, 4) is 5.75 Å². The summed E-state index contributed by atoms with van der Waals surface area (Å²) >= 11 is 0. The van der Waals surface area contributed by atoms with E-state index in [-0.39, 0.29) is 11.4 Å². The molecule has 8 nitrogen and oxygen atoms in total. The third kappa shape index (κ3) is 3.69. The predicted molar refractivity (Wildman–Crippen MR) is 73.0 cm³/mol. The molecule has 9 heteroatoms. The highest BCUT2D eigenvalue weighted by Crippen LogP contribution is 2.19. The Hall–Kier alpha value is -2.16. The largest absolute Gasteiger partial charge is 0.497 e. The average Bonchev–Trinajstić information content (AvgIpc) is 2.94. The summed E-state index contributed by atoms with van der Waals surface area (Å²) in [5.41, 5.74) is 0. The second-order valence-electron chi connectivity index (χ2n) is 4.52. The van der Waals surface area contributed by atoms with E-state index in [0.29, 0.717) is 18.7 Å². The molecule has 1 heterocycles. The van der Waals surface area contributed by atoms with E-state index in [1.807, 2.05) is 0 Å². The Morgan fingerprint density at radius 1 is 1.38 bits per heavy atom. The molecule has 21 heavy (non-hydrogen) atoms. The molecule has 1 aromatic carbocycles. The van der Waals surface area contributed by atoms with Crippen molar-refractivity contribution >= 4 is 16.1 Å². The molecular formula is C12H15N3O5S. The Kier molecular flexibility index (Phi) is 4.41. The van der Waals surface area contributed by atoms with E-state index in [1.54, 1.807) is 0 Å². The number of methoxy groups -OCH3 is 1. The van der Waals surface area contributed by atoms with Gasteiger partial charge in [-0.2, -0.15) is 13.5 Å². The maximum absolute atomic E-state index is 12.0. The van der Waals surface area contributed by atoms with Crippen LogP contribution < -0.4 is 4.74 Å². The molecule has 1 N–H and O–H groups in total. The Bertz CT molecular complexity index is 641. The molecule has 1 aliphatic rings. The van der Waals surface area contributed by atoms with E-state index >= 15 is 0 Å². The number of amides is 1. The first-order valence-electron chi connectivity index (χ1n) is 6.21. The van der Waals surface area contributed by atoms with Crippen LogP contribution in [-0.4, -0.2) is 50.8 Å². The molecule has 0 aromatic heterocycles. The number of hydrogen-bond acceptors (Lipinski definition) is 5. The lowest BCUT2D eigenvalue weighted by atomic mass is 10.3. The van der Waals surface area contributed by atoms with E-state index in [1.165, 1.54) is 36.3 Å². The highest BCUT2D eigenvalue weighted by Gasteiger charge is 2.26. The Morgan fingerprint density at radius 3 is 2.57 bits per heavy atom. The number of hydrogen-bond donors (Lipinski definition) is 1. The van der Waals surface area contributed by atoms with Gasteiger partial charge in [-0.15, -0.1) is 0 Å². The maximum atomic E-state index is 12.0. The van der Waals surface area contributed by atoms with Gasteiger partial charge in [-0.05, 0) is 30.7 Å². The number of carboxylic acid groups (broad SMARTS) is 1. The van der Waals surface area contributed by atoms with Gasteiger partial charge < -0.3 is 14.7 Å². The summed E-state index contributed by atoms with van der Waals surface area (Å²) in [7, 11) is -2.39. The zero-order valence-electron chi connectivity index (χ0n) is 11.3. The number of rotatable bonds is 4. The van der Waals surface area contributed by atoms with Gasteiger partial charge in [0.15, 0.2) is 0 Å². The van der Waals surface area contributed by atoms with Crippen LogP contribution in [-0.2, 0) is 10.0 Å². The Balaban J connectivity index is 2.06. The van der Waals surface area contributed by atoms with Crippen LogP contribution in [0.1, 0.15) is 6.42 Å². The fourth-order valence-electron chi connectivity index (χ4n) is 1.93. The van der Waals surface area contributed by atoms with Gasteiger partial charge >= 0.3 is 6.09 Å². The zero-order chi connectivity index (χ0) is 15.5. The monoisotopic (exact) mass is 313 g/mol. The van der Waals surface area contributed by atoms with Crippen LogP contribution in [0.5, 0.6) is 5.75 Å². The van der Waals surface area contributed by atoms with Gasteiger partial charge in [0.1, 0.15) is 5.75 Å². The predicted octanol–water partition coefficient (Wildman–Crippen LogP) is 1.59. The van der Waals surface area contributed by atoms with Gasteiger partial charge in [0.25, 0.3) is 10.0 Å². The lowest BCUT2D eigenvalue weighted by molar-refractivity contribution is 0.155. The topological polar surface area (TPSA) is 109 Å². The number of ether oxygens (including phenoxy) is 1. The van der Waals surface area contributed by atoms with Crippen molar-refractivity contribution in [2.75, 3.05) is 20.2 Å². The van der Waals surface area contributed by atoms with Gasteiger partial charge in [-0.1, -0.05) is 4.52 Å². The Morgan fingerprint density at radius 2 is 2.05 bits per heavy atom.